The van der Waals surface area contributed by atoms with E-state index in [9.17, 15) is 4.79 Å². The number of ketones is 1. The predicted octanol–water partition coefficient (Wildman–Crippen LogP) is 4.08. The largest absolute Gasteiger partial charge is 0.299 e. The maximum Gasteiger partial charge on any atom is 0.144 e. The van der Waals surface area contributed by atoms with Crippen LogP contribution in [0.3, 0.4) is 0 Å². The van der Waals surface area contributed by atoms with Crippen LogP contribution in [-0.4, -0.2) is 5.78 Å². The summed E-state index contributed by atoms with van der Waals surface area (Å²) >= 11 is 1.73. The van der Waals surface area contributed by atoms with E-state index in [4.69, 9.17) is 0 Å². The highest BCUT2D eigenvalue weighted by molar-refractivity contribution is 7.10. The average Bonchev–Trinajstić information content (AvgIpc) is 2.79. The van der Waals surface area contributed by atoms with Crippen LogP contribution in [0.2, 0.25) is 0 Å². The molecular weight excluding hydrogens is 240 g/mol. The van der Waals surface area contributed by atoms with Crippen molar-refractivity contribution in [3.05, 3.63) is 22.4 Å². The first kappa shape index (κ1) is 11.2. The van der Waals surface area contributed by atoms with Crippen LogP contribution in [-0.2, 0) is 11.2 Å². The second-order valence-corrected chi connectivity index (χ2v) is 7.91. The second kappa shape index (κ2) is 3.93. The molecule has 4 fully saturated rings. The van der Waals surface area contributed by atoms with Gasteiger partial charge in [-0.25, -0.2) is 0 Å². The minimum Gasteiger partial charge on any atom is -0.299 e. The Morgan fingerprint density at radius 2 is 1.78 bits per heavy atom. The van der Waals surface area contributed by atoms with Crippen molar-refractivity contribution < 1.29 is 4.79 Å². The number of rotatable bonds is 3. The molecule has 2 heteroatoms. The normalized spacial score (nSPS) is 41.2. The maximum absolute atomic E-state index is 12.8. The summed E-state index contributed by atoms with van der Waals surface area (Å²) in [7, 11) is 0. The molecule has 1 heterocycles. The number of carbonyl (C=O) groups is 1. The lowest BCUT2D eigenvalue weighted by Gasteiger charge is -2.56. The van der Waals surface area contributed by atoms with Gasteiger partial charge in [-0.2, -0.15) is 0 Å². The SMILES string of the molecule is O=C(Cc1cccs1)C12CC3CC(CC(C3)C1)C2. The molecule has 0 atom stereocenters. The molecule has 0 unspecified atom stereocenters. The van der Waals surface area contributed by atoms with Crippen LogP contribution in [0.4, 0.5) is 0 Å². The second-order valence-electron chi connectivity index (χ2n) is 6.88. The summed E-state index contributed by atoms with van der Waals surface area (Å²) < 4.78 is 0. The Morgan fingerprint density at radius 3 is 2.28 bits per heavy atom. The smallest absolute Gasteiger partial charge is 0.144 e. The fraction of sp³-hybridized carbons (Fsp3) is 0.688. The third-order valence-electron chi connectivity index (χ3n) is 5.54. The van der Waals surface area contributed by atoms with Crippen molar-refractivity contribution in [2.45, 2.75) is 44.9 Å². The van der Waals surface area contributed by atoms with Gasteiger partial charge < -0.3 is 0 Å². The number of hydrogen-bond acceptors (Lipinski definition) is 2. The molecule has 4 saturated carbocycles. The molecule has 0 aromatic carbocycles. The van der Waals surface area contributed by atoms with Crippen molar-refractivity contribution in [3.63, 3.8) is 0 Å². The van der Waals surface area contributed by atoms with E-state index in [2.05, 4.69) is 17.5 Å². The van der Waals surface area contributed by atoms with E-state index in [1.54, 1.807) is 11.3 Å². The minimum atomic E-state index is 0.0960. The molecular formula is C16H20OS. The third kappa shape index (κ3) is 1.69. The van der Waals surface area contributed by atoms with Crippen LogP contribution in [0.15, 0.2) is 17.5 Å². The van der Waals surface area contributed by atoms with Gasteiger partial charge in [0.2, 0.25) is 0 Å². The number of hydrogen-bond donors (Lipinski definition) is 0. The zero-order valence-corrected chi connectivity index (χ0v) is 11.5. The van der Waals surface area contributed by atoms with Gasteiger partial charge in [-0.15, -0.1) is 11.3 Å². The first-order valence-corrected chi connectivity index (χ1v) is 8.17. The van der Waals surface area contributed by atoms with Gasteiger partial charge in [-0.1, -0.05) is 6.07 Å². The van der Waals surface area contributed by atoms with E-state index in [1.807, 2.05) is 0 Å². The summed E-state index contributed by atoms with van der Waals surface area (Å²) in [6.07, 6.45) is 8.60. The first-order chi connectivity index (χ1) is 8.73. The lowest BCUT2D eigenvalue weighted by atomic mass is 9.48. The highest BCUT2D eigenvalue weighted by Crippen LogP contribution is 2.60. The molecule has 4 bridgehead atoms. The Bertz CT molecular complexity index is 424. The Labute approximate surface area is 113 Å². The van der Waals surface area contributed by atoms with E-state index in [-0.39, 0.29) is 5.41 Å². The van der Waals surface area contributed by atoms with Gasteiger partial charge in [-0.3, -0.25) is 4.79 Å². The molecule has 0 amide bonds. The van der Waals surface area contributed by atoms with Crippen molar-refractivity contribution in [1.29, 1.82) is 0 Å². The Morgan fingerprint density at radius 1 is 1.17 bits per heavy atom. The Hall–Kier alpha value is -0.630. The highest BCUT2D eigenvalue weighted by Gasteiger charge is 2.53. The highest BCUT2D eigenvalue weighted by atomic mass is 32.1. The van der Waals surface area contributed by atoms with Crippen LogP contribution in [0.1, 0.15) is 43.4 Å². The molecule has 0 radical (unpaired) electrons. The molecule has 1 aromatic heterocycles. The van der Waals surface area contributed by atoms with Crippen molar-refractivity contribution in [2.24, 2.45) is 23.2 Å². The van der Waals surface area contributed by atoms with E-state index in [1.165, 1.54) is 43.4 Å². The summed E-state index contributed by atoms with van der Waals surface area (Å²) in [6.45, 7) is 0. The summed E-state index contributed by atoms with van der Waals surface area (Å²) in [5.74, 6) is 3.19. The molecule has 0 aliphatic heterocycles. The zero-order chi connectivity index (χ0) is 12.2. The average molecular weight is 260 g/mol. The molecule has 96 valence electrons. The topological polar surface area (TPSA) is 17.1 Å². The number of carbonyl (C=O) groups excluding carboxylic acids is 1. The minimum absolute atomic E-state index is 0.0960. The lowest BCUT2D eigenvalue weighted by Crippen LogP contribution is -2.50. The number of thiophene rings is 1. The molecule has 4 aliphatic rings. The summed E-state index contributed by atoms with van der Waals surface area (Å²) in [5.41, 5.74) is 0.0960. The molecule has 4 aliphatic carbocycles. The molecule has 1 nitrogen and oxygen atoms in total. The number of Topliss-reactive ketones (excluding diaryl/α,β-unsaturated/α-hetero) is 1. The quantitative estimate of drug-likeness (QED) is 0.800. The molecule has 1 aromatic rings. The van der Waals surface area contributed by atoms with E-state index >= 15 is 0 Å². The Balaban J connectivity index is 1.58. The van der Waals surface area contributed by atoms with Crippen LogP contribution < -0.4 is 0 Å². The standard InChI is InChI=1S/C16H20OS/c17-15(7-14-2-1-3-18-14)16-8-11-4-12(9-16)6-13(5-11)10-16/h1-3,11-13H,4-10H2. The predicted molar refractivity (Wildman–Crippen MR) is 73.6 cm³/mol. The fourth-order valence-electron chi connectivity index (χ4n) is 5.21. The molecule has 5 rings (SSSR count). The van der Waals surface area contributed by atoms with Gasteiger partial charge in [0, 0.05) is 16.7 Å². The van der Waals surface area contributed by atoms with Gasteiger partial charge in [0.25, 0.3) is 0 Å². The van der Waals surface area contributed by atoms with Crippen molar-refractivity contribution in [2.75, 3.05) is 0 Å². The van der Waals surface area contributed by atoms with Crippen LogP contribution >= 0.6 is 11.3 Å². The van der Waals surface area contributed by atoms with Crippen molar-refractivity contribution in [3.8, 4) is 0 Å². The van der Waals surface area contributed by atoms with Crippen LogP contribution in [0, 0.1) is 23.2 Å². The van der Waals surface area contributed by atoms with Crippen molar-refractivity contribution >= 4 is 17.1 Å². The van der Waals surface area contributed by atoms with Gasteiger partial charge in [-0.05, 0) is 67.7 Å². The van der Waals surface area contributed by atoms with E-state index < -0.39 is 0 Å². The molecule has 0 spiro atoms. The van der Waals surface area contributed by atoms with Gasteiger partial charge in [0.05, 0.1) is 0 Å². The molecule has 18 heavy (non-hydrogen) atoms. The fourth-order valence-corrected chi connectivity index (χ4v) is 5.91. The molecule has 0 N–H and O–H groups in total. The first-order valence-electron chi connectivity index (χ1n) is 7.29. The van der Waals surface area contributed by atoms with Gasteiger partial charge in [0.1, 0.15) is 5.78 Å². The molecule has 0 saturated heterocycles. The lowest BCUT2D eigenvalue weighted by molar-refractivity contribution is -0.143. The monoisotopic (exact) mass is 260 g/mol. The third-order valence-corrected chi connectivity index (χ3v) is 6.42. The van der Waals surface area contributed by atoms with E-state index in [0.717, 1.165) is 17.8 Å². The zero-order valence-electron chi connectivity index (χ0n) is 10.7. The van der Waals surface area contributed by atoms with E-state index in [0.29, 0.717) is 12.2 Å². The van der Waals surface area contributed by atoms with Gasteiger partial charge >= 0.3 is 0 Å². The summed E-state index contributed by atoms with van der Waals surface area (Å²) in [5, 5.41) is 2.09. The maximum atomic E-state index is 12.8. The summed E-state index contributed by atoms with van der Waals surface area (Å²) in [6, 6.07) is 4.18. The van der Waals surface area contributed by atoms with Crippen molar-refractivity contribution in [1.82, 2.24) is 0 Å². The van der Waals surface area contributed by atoms with Crippen LogP contribution in [0.25, 0.3) is 0 Å². The van der Waals surface area contributed by atoms with Gasteiger partial charge in [0.15, 0.2) is 0 Å². The Kier molecular flexibility index (Phi) is 2.45. The van der Waals surface area contributed by atoms with Crippen LogP contribution in [0.5, 0.6) is 0 Å². The summed E-state index contributed by atoms with van der Waals surface area (Å²) in [4.78, 5) is 14.0.